The van der Waals surface area contributed by atoms with Crippen molar-refractivity contribution in [2.45, 2.75) is 98.7 Å². The van der Waals surface area contributed by atoms with E-state index in [4.69, 9.17) is 0 Å². The molecule has 0 aromatic carbocycles. The zero-order chi connectivity index (χ0) is 30.6. The third-order valence-corrected chi connectivity index (χ3v) is 8.80. The molecule has 0 spiro atoms. The molecule has 4 amide bonds. The summed E-state index contributed by atoms with van der Waals surface area (Å²) in [6.45, 7) is 15.2. The van der Waals surface area contributed by atoms with Gasteiger partial charge < -0.3 is 26.2 Å². The van der Waals surface area contributed by atoms with Crippen LogP contribution in [0.1, 0.15) is 80.6 Å². The number of rotatable bonds is 17. The molecular weight excluding hydrogens is 533 g/mol. The van der Waals surface area contributed by atoms with E-state index in [1.165, 1.54) is 7.05 Å². The molecule has 1 heterocycles. The van der Waals surface area contributed by atoms with Gasteiger partial charge in [-0.2, -0.15) is 0 Å². The Labute approximate surface area is 240 Å². The van der Waals surface area contributed by atoms with E-state index in [2.05, 4.69) is 26.2 Å². The summed E-state index contributed by atoms with van der Waals surface area (Å²) >= 11 is 0. The Hall–Kier alpha value is -1.97. The Morgan fingerprint density at radius 1 is 0.875 bits per heavy atom. The average Bonchev–Trinajstić information content (AvgIpc) is 3.33. The molecule has 0 bridgehead atoms. The van der Waals surface area contributed by atoms with Gasteiger partial charge in [0, 0.05) is 19.1 Å². The molecule has 40 heavy (non-hydrogen) atoms. The second-order valence-corrected chi connectivity index (χ2v) is 14.7. The van der Waals surface area contributed by atoms with Crippen molar-refractivity contribution >= 4 is 31.0 Å². The number of amides is 4. The number of hydrogen-bond donors (Lipinski definition) is 5. The maximum atomic E-state index is 13.2. The van der Waals surface area contributed by atoms with E-state index in [1.54, 1.807) is 0 Å². The van der Waals surface area contributed by atoms with E-state index >= 15 is 0 Å². The highest BCUT2D eigenvalue weighted by Gasteiger charge is 2.35. The van der Waals surface area contributed by atoms with Crippen LogP contribution < -0.4 is 21.3 Å². The second-order valence-electron chi connectivity index (χ2n) is 12.3. The van der Waals surface area contributed by atoms with E-state index in [1.807, 2.05) is 48.5 Å². The number of carbonyl (C=O) groups is 4. The first-order valence-electron chi connectivity index (χ1n) is 14.7. The molecule has 232 valence electrons. The van der Waals surface area contributed by atoms with E-state index in [9.17, 15) is 28.6 Å². The molecule has 1 saturated heterocycles. The first-order valence-corrected chi connectivity index (χ1v) is 16.8. The highest BCUT2D eigenvalue weighted by molar-refractivity contribution is 7.58. The summed E-state index contributed by atoms with van der Waals surface area (Å²) in [5.41, 5.74) is 0. The maximum Gasteiger partial charge on any atom is 0.243 e. The Bertz CT molecular complexity index is 896. The quantitative estimate of drug-likeness (QED) is 0.163. The van der Waals surface area contributed by atoms with E-state index in [0.717, 1.165) is 25.9 Å². The summed E-state index contributed by atoms with van der Waals surface area (Å²) in [5, 5.41) is 10.8. The topological polar surface area (TPSA) is 157 Å². The zero-order valence-electron chi connectivity index (χ0n) is 25.8. The van der Waals surface area contributed by atoms with Gasteiger partial charge in [0.1, 0.15) is 12.1 Å². The zero-order valence-corrected chi connectivity index (χ0v) is 26.7. The van der Waals surface area contributed by atoms with Crippen LogP contribution in [0.2, 0.25) is 0 Å². The first kappa shape index (κ1) is 36.1. The molecule has 5 atom stereocenters. The van der Waals surface area contributed by atoms with E-state index in [-0.39, 0.29) is 41.8 Å². The van der Waals surface area contributed by atoms with Crippen LogP contribution in [0.25, 0.3) is 0 Å². The molecule has 5 N–H and O–H groups in total. The van der Waals surface area contributed by atoms with Crippen LogP contribution in [0.5, 0.6) is 0 Å². The minimum Gasteiger partial charge on any atom is -0.357 e. The van der Waals surface area contributed by atoms with Crippen molar-refractivity contribution in [2.24, 2.45) is 23.7 Å². The first-order chi connectivity index (χ1) is 18.6. The highest BCUT2D eigenvalue weighted by atomic mass is 31.2. The van der Waals surface area contributed by atoms with Crippen LogP contribution in [0.15, 0.2) is 0 Å². The predicted octanol–water partition coefficient (Wildman–Crippen LogP) is 2.28. The molecule has 1 aliphatic rings. The number of carbonyl (C=O) groups excluding carboxylic acids is 4. The van der Waals surface area contributed by atoms with Gasteiger partial charge in [0.15, 0.2) is 0 Å². The highest BCUT2D eigenvalue weighted by Crippen LogP contribution is 2.42. The van der Waals surface area contributed by atoms with Crippen molar-refractivity contribution in [1.82, 2.24) is 26.2 Å². The van der Waals surface area contributed by atoms with Crippen LogP contribution >= 0.6 is 7.37 Å². The Balaban J connectivity index is 2.91. The maximum absolute atomic E-state index is 13.2. The van der Waals surface area contributed by atoms with E-state index in [0.29, 0.717) is 19.3 Å². The molecule has 1 fully saturated rings. The third kappa shape index (κ3) is 12.7. The average molecular weight is 588 g/mol. The molecule has 11 nitrogen and oxygen atoms in total. The van der Waals surface area contributed by atoms with Crippen LogP contribution in [0.4, 0.5) is 0 Å². The lowest BCUT2D eigenvalue weighted by molar-refractivity contribution is -0.131. The fourth-order valence-electron chi connectivity index (χ4n) is 5.21. The van der Waals surface area contributed by atoms with Gasteiger partial charge in [0.05, 0.1) is 12.3 Å². The number of nitrogens with zero attached hydrogens (tertiary/aromatic N) is 1. The third-order valence-electron chi connectivity index (χ3n) is 7.13. The summed E-state index contributed by atoms with van der Waals surface area (Å²) < 4.78 is 13.2. The summed E-state index contributed by atoms with van der Waals surface area (Å²) in [5.74, 6) is -1.96. The number of likely N-dealkylation sites (N-methyl/N-ethyl adjacent to an activating group) is 2. The lowest BCUT2D eigenvalue weighted by atomic mass is 9.96. The molecule has 0 aromatic heterocycles. The van der Waals surface area contributed by atoms with Crippen molar-refractivity contribution in [2.75, 3.05) is 32.6 Å². The van der Waals surface area contributed by atoms with Crippen molar-refractivity contribution in [3.63, 3.8) is 0 Å². The van der Waals surface area contributed by atoms with Gasteiger partial charge in [-0.15, -0.1) is 0 Å². The summed E-state index contributed by atoms with van der Waals surface area (Å²) in [4.78, 5) is 64.4. The van der Waals surface area contributed by atoms with Gasteiger partial charge in [-0.1, -0.05) is 48.5 Å². The second kappa shape index (κ2) is 17.1. The number of likely N-dealkylation sites (tertiary alicyclic amines) is 1. The summed E-state index contributed by atoms with van der Waals surface area (Å²) in [6.07, 6.45) is 2.01. The molecule has 2 unspecified atom stereocenters. The molecular formula is C28H54N5O6P. The van der Waals surface area contributed by atoms with Gasteiger partial charge in [-0.05, 0) is 62.9 Å². The largest absolute Gasteiger partial charge is 0.357 e. The van der Waals surface area contributed by atoms with Crippen molar-refractivity contribution < 1.29 is 28.6 Å². The van der Waals surface area contributed by atoms with Crippen molar-refractivity contribution in [3.05, 3.63) is 0 Å². The molecule has 1 rings (SSSR count). The van der Waals surface area contributed by atoms with Gasteiger partial charge in [-0.3, -0.25) is 28.6 Å². The normalized spacial score (nSPS) is 19.6. The van der Waals surface area contributed by atoms with E-state index < -0.39 is 43.5 Å². The molecule has 0 saturated carbocycles. The Morgan fingerprint density at radius 3 is 1.93 bits per heavy atom. The lowest BCUT2D eigenvalue weighted by Gasteiger charge is -2.27. The molecule has 0 radical (unpaired) electrons. The minimum atomic E-state index is -3.97. The molecule has 12 heteroatoms. The van der Waals surface area contributed by atoms with Gasteiger partial charge >= 0.3 is 0 Å². The minimum absolute atomic E-state index is 0.0674. The van der Waals surface area contributed by atoms with Crippen LogP contribution in [-0.4, -0.2) is 84.1 Å². The predicted molar refractivity (Wildman–Crippen MR) is 158 cm³/mol. The molecule has 0 aliphatic carbocycles. The molecule has 1 aliphatic heterocycles. The summed E-state index contributed by atoms with van der Waals surface area (Å²) in [7, 11) is -2.47. The van der Waals surface area contributed by atoms with Crippen LogP contribution in [-0.2, 0) is 23.7 Å². The van der Waals surface area contributed by atoms with Gasteiger partial charge in [-0.25, -0.2) is 0 Å². The monoisotopic (exact) mass is 587 g/mol. The van der Waals surface area contributed by atoms with Crippen LogP contribution in [0.3, 0.4) is 0 Å². The standard InChI is InChI=1S/C28H54N5O6P/c1-9-33-12-10-11-24(33)28(37)32-23(15-20(6)7)27(36)30-17-40(38,39)16-21(13-18(2)3)25(34)31-22(14-19(4)5)26(35)29-8/h18-24H,9-17H2,1-8H3,(H,29,35)(H,30,36)(H,31,34)(H,32,37)(H,38,39)/t21?,22-,23-,24-/m0/s1. The lowest BCUT2D eigenvalue weighted by Crippen LogP contribution is -2.52. The number of nitrogens with one attached hydrogen (secondary N) is 4. The smallest absolute Gasteiger partial charge is 0.243 e. The fourth-order valence-corrected chi connectivity index (χ4v) is 6.74. The summed E-state index contributed by atoms with van der Waals surface area (Å²) in [6, 6.07) is -1.85. The Morgan fingerprint density at radius 2 is 1.43 bits per heavy atom. The Kier molecular flexibility index (Phi) is 15.4. The van der Waals surface area contributed by atoms with Crippen molar-refractivity contribution in [3.8, 4) is 0 Å². The van der Waals surface area contributed by atoms with Crippen molar-refractivity contribution in [1.29, 1.82) is 0 Å². The fraction of sp³-hybridized carbons (Fsp3) is 0.857. The molecule has 0 aromatic rings. The SMILES string of the molecule is CCN1CCC[C@H]1C(=O)N[C@@H](CC(C)C)C(=O)NCP(=O)(O)CC(CC(C)C)C(=O)N[C@@H](CC(C)C)C(=O)NC. The van der Waals surface area contributed by atoms with Gasteiger partial charge in [0.25, 0.3) is 0 Å². The van der Waals surface area contributed by atoms with Gasteiger partial charge in [0.2, 0.25) is 31.0 Å². The number of hydrogen-bond acceptors (Lipinski definition) is 6. The van der Waals surface area contributed by atoms with Crippen LogP contribution in [0, 0.1) is 23.7 Å².